The summed E-state index contributed by atoms with van der Waals surface area (Å²) in [4.78, 5) is 14.6. The Bertz CT molecular complexity index is 315. The second-order valence-electron chi connectivity index (χ2n) is 2.51. The van der Waals surface area contributed by atoms with Crippen LogP contribution in [0.4, 0.5) is 0 Å². The summed E-state index contributed by atoms with van der Waals surface area (Å²) in [5.74, 6) is 0. The fraction of sp³-hybridized carbons (Fsp3) is 0.200. The molecule has 0 radical (unpaired) electrons. The summed E-state index contributed by atoms with van der Waals surface area (Å²) in [7, 11) is 1.72. The van der Waals surface area contributed by atoms with Crippen molar-refractivity contribution in [3.8, 4) is 0 Å². The quantitative estimate of drug-likeness (QED) is 0.481. The Morgan fingerprint density at radius 3 is 2.67 bits per heavy atom. The second-order valence-corrected chi connectivity index (χ2v) is 2.51. The summed E-state index contributed by atoms with van der Waals surface area (Å²) in [6, 6.07) is 7.43. The van der Waals surface area contributed by atoms with Crippen molar-refractivity contribution in [1.29, 1.82) is 0 Å². The van der Waals surface area contributed by atoms with Gasteiger partial charge < -0.3 is 0 Å². The SMILES string of the molecule is CN=C(C)c1ccccc1C=O. The largest absolute Gasteiger partial charge is 0.298 e. The van der Waals surface area contributed by atoms with Crippen molar-refractivity contribution in [3.05, 3.63) is 35.4 Å². The molecule has 0 aliphatic rings. The van der Waals surface area contributed by atoms with Crippen LogP contribution in [0.5, 0.6) is 0 Å². The molecule has 0 saturated carbocycles. The summed E-state index contributed by atoms with van der Waals surface area (Å²) in [6.07, 6.45) is 0.851. The van der Waals surface area contributed by atoms with Gasteiger partial charge in [-0.2, -0.15) is 0 Å². The molecule has 1 rings (SSSR count). The van der Waals surface area contributed by atoms with Gasteiger partial charge >= 0.3 is 0 Å². The van der Waals surface area contributed by atoms with Crippen LogP contribution in [0.25, 0.3) is 0 Å². The molecule has 2 nitrogen and oxygen atoms in total. The smallest absolute Gasteiger partial charge is 0.150 e. The van der Waals surface area contributed by atoms with Gasteiger partial charge in [0, 0.05) is 23.9 Å². The summed E-state index contributed by atoms with van der Waals surface area (Å²) in [5.41, 5.74) is 2.49. The Hall–Kier alpha value is -1.44. The minimum atomic E-state index is 0.695. The number of aldehydes is 1. The minimum Gasteiger partial charge on any atom is -0.298 e. The van der Waals surface area contributed by atoms with E-state index in [1.165, 1.54) is 0 Å². The van der Waals surface area contributed by atoms with Crippen molar-refractivity contribution >= 4 is 12.0 Å². The van der Waals surface area contributed by atoms with E-state index in [0.29, 0.717) is 5.56 Å². The molecule has 1 aromatic carbocycles. The van der Waals surface area contributed by atoms with Crippen molar-refractivity contribution in [1.82, 2.24) is 0 Å². The number of nitrogens with zero attached hydrogens (tertiary/aromatic N) is 1. The van der Waals surface area contributed by atoms with Gasteiger partial charge in [-0.1, -0.05) is 24.3 Å². The third-order valence-electron chi connectivity index (χ3n) is 1.81. The molecule has 0 unspecified atom stereocenters. The fourth-order valence-electron chi connectivity index (χ4n) is 1.05. The summed E-state index contributed by atoms with van der Waals surface area (Å²) in [6.45, 7) is 1.89. The predicted octanol–water partition coefficient (Wildman–Crippen LogP) is 1.94. The first kappa shape index (κ1) is 8.65. The lowest BCUT2D eigenvalue weighted by Gasteiger charge is -2.01. The Labute approximate surface area is 71.9 Å². The van der Waals surface area contributed by atoms with Crippen molar-refractivity contribution in [2.75, 3.05) is 7.05 Å². The molecule has 1 aromatic rings. The van der Waals surface area contributed by atoms with Gasteiger partial charge in [-0.15, -0.1) is 0 Å². The predicted molar refractivity (Wildman–Crippen MR) is 50.0 cm³/mol. The highest BCUT2D eigenvalue weighted by atomic mass is 16.1. The maximum absolute atomic E-state index is 10.6. The zero-order valence-electron chi connectivity index (χ0n) is 7.24. The molecule has 12 heavy (non-hydrogen) atoms. The van der Waals surface area contributed by atoms with E-state index in [-0.39, 0.29) is 0 Å². The van der Waals surface area contributed by atoms with Gasteiger partial charge in [0.1, 0.15) is 0 Å². The summed E-state index contributed by atoms with van der Waals surface area (Å²) >= 11 is 0. The van der Waals surface area contributed by atoms with Crippen LogP contribution >= 0.6 is 0 Å². The third-order valence-corrected chi connectivity index (χ3v) is 1.81. The molecule has 2 heteroatoms. The molecule has 0 amide bonds. The Kier molecular flexibility index (Phi) is 2.75. The lowest BCUT2D eigenvalue weighted by molar-refractivity contribution is 0.112. The van der Waals surface area contributed by atoms with E-state index in [9.17, 15) is 4.79 Å². The van der Waals surface area contributed by atoms with E-state index >= 15 is 0 Å². The maximum atomic E-state index is 10.6. The summed E-state index contributed by atoms with van der Waals surface area (Å²) in [5, 5.41) is 0. The number of benzene rings is 1. The number of carbonyl (C=O) groups excluding carboxylic acids is 1. The Morgan fingerprint density at radius 2 is 2.08 bits per heavy atom. The van der Waals surface area contributed by atoms with Crippen LogP contribution in [-0.4, -0.2) is 19.0 Å². The van der Waals surface area contributed by atoms with Gasteiger partial charge in [0.2, 0.25) is 0 Å². The maximum Gasteiger partial charge on any atom is 0.150 e. The molecule has 0 fully saturated rings. The van der Waals surface area contributed by atoms with Crippen LogP contribution in [0.3, 0.4) is 0 Å². The van der Waals surface area contributed by atoms with Crippen LogP contribution < -0.4 is 0 Å². The van der Waals surface area contributed by atoms with Crippen molar-refractivity contribution < 1.29 is 4.79 Å². The van der Waals surface area contributed by atoms with Crippen molar-refractivity contribution in [3.63, 3.8) is 0 Å². The first-order valence-corrected chi connectivity index (χ1v) is 3.77. The fourth-order valence-corrected chi connectivity index (χ4v) is 1.05. The van der Waals surface area contributed by atoms with E-state index in [1.807, 2.05) is 25.1 Å². The van der Waals surface area contributed by atoms with Gasteiger partial charge in [-0.05, 0) is 6.92 Å². The van der Waals surface area contributed by atoms with Gasteiger partial charge in [0.05, 0.1) is 0 Å². The van der Waals surface area contributed by atoms with E-state index in [4.69, 9.17) is 0 Å². The first-order chi connectivity index (χ1) is 5.79. The molecule has 0 aromatic heterocycles. The number of carbonyl (C=O) groups is 1. The number of hydrogen-bond donors (Lipinski definition) is 0. The van der Waals surface area contributed by atoms with E-state index in [2.05, 4.69) is 4.99 Å². The Morgan fingerprint density at radius 1 is 1.42 bits per heavy atom. The standard InChI is InChI=1S/C10H11NO/c1-8(11-2)10-6-4-3-5-9(10)7-12/h3-7H,1-2H3. The van der Waals surface area contributed by atoms with E-state index < -0.39 is 0 Å². The van der Waals surface area contributed by atoms with Crippen LogP contribution in [0.1, 0.15) is 22.8 Å². The lowest BCUT2D eigenvalue weighted by atomic mass is 10.1. The van der Waals surface area contributed by atoms with Gasteiger partial charge in [0.25, 0.3) is 0 Å². The average Bonchev–Trinajstić information content (AvgIpc) is 2.16. The van der Waals surface area contributed by atoms with Gasteiger partial charge in [-0.25, -0.2) is 0 Å². The highest BCUT2D eigenvalue weighted by molar-refractivity contribution is 6.04. The van der Waals surface area contributed by atoms with Gasteiger partial charge in [0.15, 0.2) is 6.29 Å². The zero-order valence-corrected chi connectivity index (χ0v) is 7.24. The molecule has 0 saturated heterocycles. The second kappa shape index (κ2) is 3.81. The third kappa shape index (κ3) is 1.59. The lowest BCUT2D eigenvalue weighted by Crippen LogP contribution is -1.99. The van der Waals surface area contributed by atoms with Crippen molar-refractivity contribution in [2.45, 2.75) is 6.92 Å². The Balaban J connectivity index is 3.22. The molecule has 0 aliphatic heterocycles. The van der Waals surface area contributed by atoms with Crippen LogP contribution in [-0.2, 0) is 0 Å². The zero-order chi connectivity index (χ0) is 8.97. The summed E-state index contributed by atoms with van der Waals surface area (Å²) < 4.78 is 0. The number of aliphatic imine (C=N–C) groups is 1. The topological polar surface area (TPSA) is 29.4 Å². The minimum absolute atomic E-state index is 0.695. The molecular formula is C10H11NO. The van der Waals surface area contributed by atoms with E-state index in [0.717, 1.165) is 17.6 Å². The molecule has 0 atom stereocenters. The molecular weight excluding hydrogens is 150 g/mol. The number of hydrogen-bond acceptors (Lipinski definition) is 2. The molecule has 0 aliphatic carbocycles. The number of rotatable bonds is 2. The highest BCUT2D eigenvalue weighted by Gasteiger charge is 2.01. The van der Waals surface area contributed by atoms with Crippen molar-refractivity contribution in [2.24, 2.45) is 4.99 Å². The van der Waals surface area contributed by atoms with E-state index in [1.54, 1.807) is 13.1 Å². The van der Waals surface area contributed by atoms with Crippen LogP contribution in [0, 0.1) is 0 Å². The molecule has 0 bridgehead atoms. The molecule has 0 spiro atoms. The average molecular weight is 161 g/mol. The van der Waals surface area contributed by atoms with Crippen LogP contribution in [0.2, 0.25) is 0 Å². The monoisotopic (exact) mass is 161 g/mol. The molecule has 62 valence electrons. The molecule has 0 heterocycles. The molecule has 0 N–H and O–H groups in total. The normalized spacial score (nSPS) is 11.3. The highest BCUT2D eigenvalue weighted by Crippen LogP contribution is 2.06. The van der Waals surface area contributed by atoms with Gasteiger partial charge in [-0.3, -0.25) is 9.79 Å². The first-order valence-electron chi connectivity index (χ1n) is 3.77. The van der Waals surface area contributed by atoms with Crippen LogP contribution in [0.15, 0.2) is 29.3 Å².